The molecule has 1 saturated heterocycles. The zero-order valence-corrected chi connectivity index (χ0v) is 39.2. The molecule has 0 unspecified atom stereocenters. The van der Waals surface area contributed by atoms with Crippen LogP contribution in [0.15, 0.2) is 60.7 Å². The summed E-state index contributed by atoms with van der Waals surface area (Å²) in [6, 6.07) is 12.6. The second-order valence-corrected chi connectivity index (χ2v) is 21.9. The first-order valence-corrected chi connectivity index (χ1v) is 23.9. The number of aromatic nitrogens is 1. The summed E-state index contributed by atoms with van der Waals surface area (Å²) in [5.41, 5.74) is -0.402. The Morgan fingerprint density at radius 2 is 1.70 bits per heavy atom. The summed E-state index contributed by atoms with van der Waals surface area (Å²) in [7, 11) is -2.46. The van der Waals surface area contributed by atoms with Crippen LogP contribution < -0.4 is 29.6 Å². The molecule has 2 saturated carbocycles. The molecule has 3 heterocycles. The van der Waals surface area contributed by atoms with E-state index in [1.165, 1.54) is 4.90 Å². The van der Waals surface area contributed by atoms with Crippen molar-refractivity contribution in [2.75, 3.05) is 13.7 Å². The summed E-state index contributed by atoms with van der Waals surface area (Å²) in [6.07, 6.45) is 5.38. The van der Waals surface area contributed by atoms with Crippen LogP contribution >= 0.6 is 0 Å². The van der Waals surface area contributed by atoms with Crippen LogP contribution in [0, 0.1) is 17.8 Å². The van der Waals surface area contributed by atoms with E-state index in [2.05, 4.69) is 22.3 Å². The molecule has 346 valence electrons. The molecule has 2 aromatic carbocycles. The maximum Gasteiger partial charge on any atom is 0.408 e. The van der Waals surface area contributed by atoms with E-state index in [1.807, 2.05) is 75.4 Å². The molecule has 2 aliphatic heterocycles. The highest BCUT2D eigenvalue weighted by molar-refractivity contribution is 7.91. The van der Waals surface area contributed by atoms with Crippen LogP contribution in [-0.4, -0.2) is 95.9 Å². The van der Waals surface area contributed by atoms with Gasteiger partial charge in [0, 0.05) is 35.4 Å². The summed E-state index contributed by atoms with van der Waals surface area (Å²) in [5, 5.41) is 6.46. The molecule has 16 heteroatoms. The molecule has 3 fully saturated rings. The van der Waals surface area contributed by atoms with Crippen LogP contribution in [0.2, 0.25) is 0 Å². The molecular formula is C48H63N5O10S. The van der Waals surface area contributed by atoms with Gasteiger partial charge in [-0.1, -0.05) is 26.0 Å². The molecule has 0 spiro atoms. The lowest BCUT2D eigenvalue weighted by molar-refractivity contribution is -0.142. The molecule has 4 aliphatic rings. The molecule has 64 heavy (non-hydrogen) atoms. The summed E-state index contributed by atoms with van der Waals surface area (Å²) >= 11 is 0. The number of rotatable bonds is 10. The highest BCUT2D eigenvalue weighted by Gasteiger charge is 2.63. The van der Waals surface area contributed by atoms with Crippen molar-refractivity contribution in [3.63, 3.8) is 0 Å². The fourth-order valence-corrected chi connectivity index (χ4v) is 10.0. The first-order chi connectivity index (χ1) is 30.1. The largest absolute Gasteiger partial charge is 0.497 e. The zero-order chi connectivity index (χ0) is 46.4. The van der Waals surface area contributed by atoms with Crippen molar-refractivity contribution in [3.05, 3.63) is 60.7 Å². The van der Waals surface area contributed by atoms with Gasteiger partial charge in [-0.15, -0.1) is 0 Å². The molecule has 3 N–H and O–H groups in total. The van der Waals surface area contributed by atoms with Crippen LogP contribution in [0.1, 0.15) is 100 Å². The summed E-state index contributed by atoms with van der Waals surface area (Å²) in [6.45, 7) is 14.7. The predicted molar refractivity (Wildman–Crippen MR) is 242 cm³/mol. The van der Waals surface area contributed by atoms with Gasteiger partial charge in [-0.25, -0.2) is 18.2 Å². The van der Waals surface area contributed by atoms with Gasteiger partial charge in [-0.3, -0.25) is 19.1 Å². The molecular weight excluding hydrogens is 839 g/mol. The third kappa shape index (κ3) is 10.3. The summed E-state index contributed by atoms with van der Waals surface area (Å²) in [4.78, 5) is 63.7. The molecule has 15 nitrogen and oxygen atoms in total. The normalized spacial score (nSPS) is 27.5. The van der Waals surface area contributed by atoms with Crippen molar-refractivity contribution in [2.45, 2.75) is 141 Å². The molecule has 1 aromatic heterocycles. The van der Waals surface area contributed by atoms with E-state index in [1.54, 1.807) is 40.9 Å². The molecule has 0 radical (unpaired) electrons. The van der Waals surface area contributed by atoms with Crippen LogP contribution in [0.25, 0.3) is 22.2 Å². The number of amides is 4. The standard InChI is InChI=1S/C48H63N5O10S/c1-28(2)61-33-16-14-31(15-17-33)37-25-40(36-19-18-34(60-9)23-38(36)49-37)62-35-24-39-42(54)51-48(44(56)52-64(58,59)47(8)20-21-47)26-32(48)13-11-10-12-29(3)22-30(4)41(43(55)53(39)27-35)50-45(57)63-46(5,6)7/h11,13-19,23,25,28-30,32,35,39,41H,10,12,20-22,24,26-27H2,1-9H3,(H,50,57)(H,51,54)(H,52,56)/b13-11-/t29-,30-,32-,35-,39+,41+,48-/m1/s1. The van der Waals surface area contributed by atoms with Crippen molar-refractivity contribution in [1.82, 2.24) is 25.2 Å². The number of ether oxygens (including phenoxy) is 4. The number of carbonyl (C=O) groups excluding carboxylic acids is 4. The van der Waals surface area contributed by atoms with Gasteiger partial charge in [0.25, 0.3) is 5.91 Å². The number of pyridine rings is 1. The minimum absolute atomic E-state index is 0.000793. The van der Waals surface area contributed by atoms with Gasteiger partial charge in [0.05, 0.1) is 35.7 Å². The number of benzene rings is 2. The van der Waals surface area contributed by atoms with E-state index < -0.39 is 73.8 Å². The third-order valence-electron chi connectivity index (χ3n) is 12.7. The Morgan fingerprint density at radius 1 is 1.00 bits per heavy atom. The first kappa shape index (κ1) is 46.6. The quantitative estimate of drug-likeness (QED) is 0.181. The number of methoxy groups -OCH3 is 1. The molecule has 7 atom stereocenters. The van der Waals surface area contributed by atoms with E-state index >= 15 is 4.79 Å². The van der Waals surface area contributed by atoms with Crippen LogP contribution in [-0.2, 0) is 29.1 Å². The number of carbonyl (C=O) groups is 4. The number of allylic oxidation sites excluding steroid dienone is 1. The Balaban J connectivity index is 1.26. The number of sulfonamides is 1. The van der Waals surface area contributed by atoms with Gasteiger partial charge >= 0.3 is 6.09 Å². The SMILES string of the molecule is COc1ccc2c(O[C@@H]3C[C@H]4C(=O)N[C@]5(C(=O)NS(=O)(=O)C6(C)CC6)C[C@H]5/C=C\CC[C@@H](C)C[C@@H](C)[C@H](NC(=O)OC(C)(C)C)C(=O)N4C3)cc(-c3ccc(OC(C)C)cc3)nc2c1. The topological polar surface area (TPSA) is 192 Å². The molecule has 2 aliphatic carbocycles. The Labute approximate surface area is 376 Å². The van der Waals surface area contributed by atoms with Crippen LogP contribution in [0.3, 0.4) is 0 Å². The number of hydrogen-bond donors (Lipinski definition) is 3. The fraction of sp³-hybridized carbons (Fsp3) is 0.562. The number of nitrogens with one attached hydrogen (secondary N) is 3. The van der Waals surface area contributed by atoms with Crippen molar-refractivity contribution >= 4 is 44.7 Å². The van der Waals surface area contributed by atoms with Crippen molar-refractivity contribution < 1.29 is 46.5 Å². The lowest BCUT2D eigenvalue weighted by atomic mass is 9.88. The lowest BCUT2D eigenvalue weighted by Crippen LogP contribution is -2.59. The zero-order valence-electron chi connectivity index (χ0n) is 38.4. The fourth-order valence-electron chi connectivity index (χ4n) is 8.74. The van der Waals surface area contributed by atoms with E-state index in [9.17, 15) is 22.8 Å². The number of alkyl carbamates (subject to hydrolysis) is 1. The third-order valence-corrected chi connectivity index (χ3v) is 14.9. The second-order valence-electron chi connectivity index (χ2n) is 19.7. The average Bonchev–Trinajstić information content (AvgIpc) is 4.10. The number of fused-ring (bicyclic) bond motifs is 3. The first-order valence-electron chi connectivity index (χ1n) is 22.4. The molecule has 4 amide bonds. The highest BCUT2D eigenvalue weighted by Crippen LogP contribution is 2.48. The molecule has 3 aromatic rings. The Hall–Kier alpha value is -5.38. The van der Waals surface area contributed by atoms with Gasteiger partial charge in [0.15, 0.2) is 0 Å². The van der Waals surface area contributed by atoms with Gasteiger partial charge in [0.1, 0.15) is 46.6 Å². The van der Waals surface area contributed by atoms with E-state index in [0.29, 0.717) is 59.5 Å². The molecule has 0 bridgehead atoms. The van der Waals surface area contributed by atoms with Gasteiger partial charge in [-0.2, -0.15) is 0 Å². The van der Waals surface area contributed by atoms with Crippen LogP contribution in [0.4, 0.5) is 4.79 Å². The Bertz CT molecular complexity index is 2410. The highest BCUT2D eigenvalue weighted by atomic mass is 32.2. The minimum atomic E-state index is -4.03. The Kier molecular flexibility index (Phi) is 13.0. The van der Waals surface area contributed by atoms with Gasteiger partial charge in [-0.05, 0) is 128 Å². The predicted octanol–water partition coefficient (Wildman–Crippen LogP) is 6.82. The maximum atomic E-state index is 15.1. The van der Waals surface area contributed by atoms with Crippen molar-refractivity contribution in [2.24, 2.45) is 17.8 Å². The van der Waals surface area contributed by atoms with Gasteiger partial charge in [0.2, 0.25) is 21.8 Å². The maximum absolute atomic E-state index is 15.1. The number of nitrogens with zero attached hydrogens (tertiary/aromatic N) is 2. The van der Waals surface area contributed by atoms with Crippen LogP contribution in [0.5, 0.6) is 17.2 Å². The molecule has 7 rings (SSSR count). The minimum Gasteiger partial charge on any atom is -0.497 e. The summed E-state index contributed by atoms with van der Waals surface area (Å²) < 4.78 is 51.8. The number of hydrogen-bond acceptors (Lipinski definition) is 11. The van der Waals surface area contributed by atoms with Gasteiger partial charge < -0.3 is 34.5 Å². The smallest absolute Gasteiger partial charge is 0.408 e. The van der Waals surface area contributed by atoms with E-state index in [-0.39, 0.29) is 37.3 Å². The average molecular weight is 902 g/mol. The summed E-state index contributed by atoms with van der Waals surface area (Å²) in [5.74, 6) is -0.895. The lowest BCUT2D eigenvalue weighted by Gasteiger charge is -2.33. The van der Waals surface area contributed by atoms with Crippen molar-refractivity contribution in [3.8, 4) is 28.5 Å². The van der Waals surface area contributed by atoms with Crippen molar-refractivity contribution in [1.29, 1.82) is 0 Å². The monoisotopic (exact) mass is 901 g/mol. The van der Waals surface area contributed by atoms with E-state index in [4.69, 9.17) is 23.9 Å². The Morgan fingerprint density at radius 3 is 2.36 bits per heavy atom. The van der Waals surface area contributed by atoms with E-state index in [0.717, 1.165) is 12.0 Å². The second kappa shape index (κ2) is 17.9.